The van der Waals surface area contributed by atoms with Crippen LogP contribution < -0.4 is 4.74 Å². The summed E-state index contributed by atoms with van der Waals surface area (Å²) in [5.41, 5.74) is 0.601. The molecule has 1 aliphatic rings. The molecule has 0 radical (unpaired) electrons. The van der Waals surface area contributed by atoms with Gasteiger partial charge in [0, 0.05) is 37.0 Å². The summed E-state index contributed by atoms with van der Waals surface area (Å²) in [6, 6.07) is 1.86. The van der Waals surface area contributed by atoms with Crippen molar-refractivity contribution in [2.75, 3.05) is 20.2 Å². The topological polar surface area (TPSA) is 51.7 Å². The van der Waals surface area contributed by atoms with Gasteiger partial charge >= 0.3 is 6.09 Å². The van der Waals surface area contributed by atoms with Crippen LogP contribution in [-0.2, 0) is 4.74 Å². The number of amides is 1. The maximum absolute atomic E-state index is 12.2. The zero-order chi connectivity index (χ0) is 15.5. The Bertz CT molecular complexity index is 497. The number of piperidine rings is 1. The molecule has 0 spiro atoms. The molecule has 0 N–H and O–H groups in total. The van der Waals surface area contributed by atoms with Crippen molar-refractivity contribution >= 4 is 6.09 Å². The predicted octanol–water partition coefficient (Wildman–Crippen LogP) is 3.20. The van der Waals surface area contributed by atoms with Crippen molar-refractivity contribution < 1.29 is 14.3 Å². The van der Waals surface area contributed by atoms with Crippen LogP contribution in [0.25, 0.3) is 0 Å². The van der Waals surface area contributed by atoms with Crippen molar-refractivity contribution in [3.8, 4) is 5.75 Å². The molecule has 116 valence electrons. The fourth-order valence-corrected chi connectivity index (χ4v) is 2.61. The quantitative estimate of drug-likeness (QED) is 0.840. The second kappa shape index (κ2) is 6.33. The molecule has 1 atom stereocenters. The van der Waals surface area contributed by atoms with Crippen LogP contribution in [0.2, 0.25) is 0 Å². The van der Waals surface area contributed by atoms with Gasteiger partial charge in [-0.3, -0.25) is 4.98 Å². The highest BCUT2D eigenvalue weighted by atomic mass is 16.6. The molecule has 0 aliphatic carbocycles. The summed E-state index contributed by atoms with van der Waals surface area (Å²) in [5.74, 6) is 1.08. The van der Waals surface area contributed by atoms with Gasteiger partial charge < -0.3 is 14.4 Å². The second-order valence-corrected chi connectivity index (χ2v) is 6.38. The van der Waals surface area contributed by atoms with Gasteiger partial charge in [0.25, 0.3) is 0 Å². The number of nitrogens with zero attached hydrogens (tertiary/aromatic N) is 2. The van der Waals surface area contributed by atoms with Gasteiger partial charge in [-0.25, -0.2) is 4.79 Å². The van der Waals surface area contributed by atoms with E-state index in [0.29, 0.717) is 6.54 Å². The largest absolute Gasteiger partial charge is 0.496 e. The summed E-state index contributed by atoms with van der Waals surface area (Å²) in [7, 11) is 1.66. The highest BCUT2D eigenvalue weighted by Gasteiger charge is 2.29. The third-order valence-corrected chi connectivity index (χ3v) is 3.54. The summed E-state index contributed by atoms with van der Waals surface area (Å²) in [6.07, 6.45) is 5.30. The maximum Gasteiger partial charge on any atom is 0.410 e. The molecule has 1 fully saturated rings. The average molecular weight is 292 g/mol. The molecule has 2 heterocycles. The van der Waals surface area contributed by atoms with Gasteiger partial charge in [-0.2, -0.15) is 0 Å². The van der Waals surface area contributed by atoms with E-state index in [1.54, 1.807) is 18.2 Å². The van der Waals surface area contributed by atoms with Crippen LogP contribution in [-0.4, -0.2) is 41.8 Å². The number of pyridine rings is 1. The number of likely N-dealkylation sites (tertiary alicyclic amines) is 1. The third-order valence-electron chi connectivity index (χ3n) is 3.54. The van der Waals surface area contributed by atoms with E-state index >= 15 is 0 Å². The number of hydrogen-bond acceptors (Lipinski definition) is 4. The van der Waals surface area contributed by atoms with Crippen LogP contribution in [0.1, 0.15) is 45.1 Å². The standard InChI is InChI=1S/C16H24N2O3/c1-16(2,3)21-15(19)18-9-5-6-12(11-18)13-10-17-8-7-14(13)20-4/h7-8,10,12H,5-6,9,11H2,1-4H3. The zero-order valence-corrected chi connectivity index (χ0v) is 13.3. The molecular formula is C16H24N2O3. The first-order valence-electron chi connectivity index (χ1n) is 7.36. The second-order valence-electron chi connectivity index (χ2n) is 6.38. The van der Waals surface area contributed by atoms with Gasteiger partial charge in [0.05, 0.1) is 7.11 Å². The van der Waals surface area contributed by atoms with Crippen molar-refractivity contribution in [3.05, 3.63) is 24.0 Å². The van der Waals surface area contributed by atoms with E-state index in [-0.39, 0.29) is 12.0 Å². The van der Waals surface area contributed by atoms with Crippen LogP contribution in [0.4, 0.5) is 4.79 Å². The van der Waals surface area contributed by atoms with Gasteiger partial charge in [-0.05, 0) is 39.7 Å². The van der Waals surface area contributed by atoms with E-state index in [0.717, 1.165) is 30.7 Å². The Kier molecular flexibility index (Phi) is 4.70. The van der Waals surface area contributed by atoms with Crippen molar-refractivity contribution in [1.29, 1.82) is 0 Å². The fourth-order valence-electron chi connectivity index (χ4n) is 2.61. The first kappa shape index (κ1) is 15.6. The lowest BCUT2D eigenvalue weighted by Crippen LogP contribution is -2.42. The smallest absolute Gasteiger partial charge is 0.410 e. The summed E-state index contributed by atoms with van der Waals surface area (Å²) < 4.78 is 10.9. The summed E-state index contributed by atoms with van der Waals surface area (Å²) in [4.78, 5) is 18.2. The van der Waals surface area contributed by atoms with Crippen LogP contribution >= 0.6 is 0 Å². The Morgan fingerprint density at radius 1 is 1.43 bits per heavy atom. The molecular weight excluding hydrogens is 268 g/mol. The van der Waals surface area contributed by atoms with E-state index in [9.17, 15) is 4.79 Å². The predicted molar refractivity (Wildman–Crippen MR) is 80.6 cm³/mol. The summed E-state index contributed by atoms with van der Waals surface area (Å²) in [6.45, 7) is 7.05. The highest BCUT2D eigenvalue weighted by molar-refractivity contribution is 5.68. The molecule has 2 rings (SSSR count). The SMILES string of the molecule is COc1ccncc1C1CCCN(C(=O)OC(C)(C)C)C1. The Morgan fingerprint density at radius 2 is 2.19 bits per heavy atom. The molecule has 1 aromatic rings. The minimum atomic E-state index is -0.462. The fraction of sp³-hybridized carbons (Fsp3) is 0.625. The molecule has 1 saturated heterocycles. The Morgan fingerprint density at radius 3 is 2.86 bits per heavy atom. The first-order valence-corrected chi connectivity index (χ1v) is 7.36. The monoisotopic (exact) mass is 292 g/mol. The van der Waals surface area contributed by atoms with E-state index in [2.05, 4.69) is 4.98 Å². The molecule has 0 saturated carbocycles. The molecule has 5 nitrogen and oxygen atoms in total. The van der Waals surface area contributed by atoms with Crippen molar-refractivity contribution in [3.63, 3.8) is 0 Å². The number of hydrogen-bond donors (Lipinski definition) is 0. The Balaban J connectivity index is 2.09. The highest BCUT2D eigenvalue weighted by Crippen LogP contribution is 2.32. The Labute approximate surface area is 126 Å². The van der Waals surface area contributed by atoms with Crippen LogP contribution in [0.5, 0.6) is 5.75 Å². The van der Waals surface area contributed by atoms with Crippen molar-refractivity contribution in [2.24, 2.45) is 0 Å². The van der Waals surface area contributed by atoms with Crippen LogP contribution in [0, 0.1) is 0 Å². The molecule has 1 aliphatic heterocycles. The van der Waals surface area contributed by atoms with Crippen LogP contribution in [0.3, 0.4) is 0 Å². The maximum atomic E-state index is 12.2. The first-order chi connectivity index (χ1) is 9.90. The Hall–Kier alpha value is -1.78. The van der Waals surface area contributed by atoms with Gasteiger partial charge in [0.15, 0.2) is 0 Å². The number of methoxy groups -OCH3 is 1. The minimum absolute atomic E-state index is 0.241. The van der Waals surface area contributed by atoms with Crippen molar-refractivity contribution in [1.82, 2.24) is 9.88 Å². The van der Waals surface area contributed by atoms with Gasteiger partial charge in [0.2, 0.25) is 0 Å². The number of carbonyl (C=O) groups excluding carboxylic acids is 1. The number of rotatable bonds is 2. The van der Waals surface area contributed by atoms with E-state index in [4.69, 9.17) is 9.47 Å². The summed E-state index contributed by atoms with van der Waals surface area (Å²) >= 11 is 0. The molecule has 5 heteroatoms. The summed E-state index contributed by atoms with van der Waals surface area (Å²) in [5, 5.41) is 0. The molecule has 0 bridgehead atoms. The van der Waals surface area contributed by atoms with E-state index < -0.39 is 5.60 Å². The zero-order valence-electron chi connectivity index (χ0n) is 13.3. The lowest BCUT2D eigenvalue weighted by molar-refractivity contribution is 0.0197. The normalized spacial score (nSPS) is 19.2. The lowest BCUT2D eigenvalue weighted by atomic mass is 9.91. The number of ether oxygens (including phenoxy) is 2. The minimum Gasteiger partial charge on any atom is -0.496 e. The number of carbonyl (C=O) groups is 1. The van der Waals surface area contributed by atoms with E-state index in [1.807, 2.05) is 33.0 Å². The van der Waals surface area contributed by atoms with Crippen LogP contribution in [0.15, 0.2) is 18.5 Å². The molecule has 1 unspecified atom stereocenters. The molecule has 1 amide bonds. The molecule has 1 aromatic heterocycles. The average Bonchev–Trinajstić information content (AvgIpc) is 2.45. The van der Waals surface area contributed by atoms with Gasteiger partial charge in [-0.1, -0.05) is 0 Å². The number of aromatic nitrogens is 1. The molecule has 21 heavy (non-hydrogen) atoms. The van der Waals surface area contributed by atoms with Gasteiger partial charge in [-0.15, -0.1) is 0 Å². The van der Waals surface area contributed by atoms with E-state index in [1.165, 1.54) is 0 Å². The lowest BCUT2D eigenvalue weighted by Gasteiger charge is -2.34. The third kappa shape index (κ3) is 4.09. The van der Waals surface area contributed by atoms with Crippen molar-refractivity contribution in [2.45, 2.75) is 45.1 Å². The van der Waals surface area contributed by atoms with Gasteiger partial charge in [0.1, 0.15) is 11.4 Å². The molecule has 0 aromatic carbocycles.